The van der Waals surface area contributed by atoms with Crippen LogP contribution in [0.1, 0.15) is 10.4 Å². The van der Waals surface area contributed by atoms with Crippen LogP contribution in [0.15, 0.2) is 70.0 Å². The van der Waals surface area contributed by atoms with E-state index in [2.05, 4.69) is 21.2 Å². The minimum absolute atomic E-state index is 0.0491. The van der Waals surface area contributed by atoms with Crippen molar-refractivity contribution in [3.8, 4) is 0 Å². The first-order valence-electron chi connectivity index (χ1n) is 7.82. The average Bonchev–Trinajstić information content (AvgIpc) is 2.62. The van der Waals surface area contributed by atoms with E-state index < -0.39 is 10.0 Å². The molecule has 0 aliphatic carbocycles. The van der Waals surface area contributed by atoms with Gasteiger partial charge in [-0.05, 0) is 45.6 Å². The van der Waals surface area contributed by atoms with Gasteiger partial charge in [-0.25, -0.2) is 12.7 Å². The highest BCUT2D eigenvalue weighted by Crippen LogP contribution is 2.27. The Labute approximate surface area is 160 Å². The van der Waals surface area contributed by atoms with Crippen LogP contribution in [-0.4, -0.2) is 32.7 Å². The Balaban J connectivity index is 1.98. The first kappa shape index (κ1) is 18.6. The Morgan fingerprint density at radius 2 is 1.69 bits per heavy atom. The fourth-order valence-corrected chi connectivity index (χ4v) is 4.41. The number of amides is 1. The first-order chi connectivity index (χ1) is 12.3. The molecule has 0 unspecified atom stereocenters. The summed E-state index contributed by atoms with van der Waals surface area (Å²) in [4.78, 5) is 12.7. The molecule has 3 aromatic carbocycles. The number of sulfonamides is 1. The highest BCUT2D eigenvalue weighted by molar-refractivity contribution is 9.10. The van der Waals surface area contributed by atoms with Crippen LogP contribution in [0.4, 0.5) is 5.69 Å². The summed E-state index contributed by atoms with van der Waals surface area (Å²) in [7, 11) is -0.767. The topological polar surface area (TPSA) is 66.5 Å². The summed E-state index contributed by atoms with van der Waals surface area (Å²) in [6, 6.07) is 17.9. The molecule has 0 saturated carbocycles. The Morgan fingerprint density at radius 1 is 1.00 bits per heavy atom. The largest absolute Gasteiger partial charge is 0.321 e. The maximum Gasteiger partial charge on any atom is 0.255 e. The van der Waals surface area contributed by atoms with Crippen LogP contribution in [0.2, 0.25) is 0 Å². The van der Waals surface area contributed by atoms with Crippen LogP contribution < -0.4 is 5.32 Å². The van der Waals surface area contributed by atoms with E-state index in [1.54, 1.807) is 12.1 Å². The first-order valence-corrected chi connectivity index (χ1v) is 10.1. The van der Waals surface area contributed by atoms with Crippen molar-refractivity contribution >= 4 is 48.3 Å². The van der Waals surface area contributed by atoms with Crippen LogP contribution in [-0.2, 0) is 10.0 Å². The van der Waals surface area contributed by atoms with Gasteiger partial charge in [0.1, 0.15) is 0 Å². The van der Waals surface area contributed by atoms with Gasteiger partial charge in [-0.1, -0.05) is 36.4 Å². The summed E-state index contributed by atoms with van der Waals surface area (Å²) in [5, 5.41) is 4.80. The fourth-order valence-electron chi connectivity index (χ4n) is 2.57. The number of anilines is 1. The van der Waals surface area contributed by atoms with Gasteiger partial charge in [-0.15, -0.1) is 0 Å². The molecule has 26 heavy (non-hydrogen) atoms. The van der Waals surface area contributed by atoms with Gasteiger partial charge in [-0.2, -0.15) is 0 Å². The van der Waals surface area contributed by atoms with Crippen molar-refractivity contribution in [2.45, 2.75) is 4.90 Å². The molecule has 1 amide bonds. The van der Waals surface area contributed by atoms with E-state index in [0.717, 1.165) is 15.1 Å². The number of nitrogens with zero attached hydrogens (tertiary/aromatic N) is 1. The SMILES string of the molecule is CN(C)S(=O)(=O)c1cc(C(=O)Nc2cccc3ccccc23)ccc1Br. The van der Waals surface area contributed by atoms with Crippen LogP contribution in [0.5, 0.6) is 0 Å². The van der Waals surface area contributed by atoms with E-state index in [9.17, 15) is 13.2 Å². The lowest BCUT2D eigenvalue weighted by molar-refractivity contribution is 0.102. The molecule has 0 radical (unpaired) electrons. The third-order valence-corrected chi connectivity index (χ3v) is 6.80. The highest BCUT2D eigenvalue weighted by Gasteiger charge is 2.22. The van der Waals surface area contributed by atoms with Gasteiger partial charge < -0.3 is 5.32 Å². The zero-order valence-electron chi connectivity index (χ0n) is 14.2. The average molecular weight is 433 g/mol. The number of nitrogens with one attached hydrogen (secondary N) is 1. The molecule has 7 heteroatoms. The van der Waals surface area contributed by atoms with Crippen LogP contribution >= 0.6 is 15.9 Å². The molecule has 3 aromatic rings. The van der Waals surface area contributed by atoms with Crippen molar-refractivity contribution in [1.82, 2.24) is 4.31 Å². The second-order valence-corrected chi connectivity index (χ2v) is 8.89. The summed E-state index contributed by atoms with van der Waals surface area (Å²) in [6.45, 7) is 0. The minimum Gasteiger partial charge on any atom is -0.321 e. The normalized spacial score (nSPS) is 11.7. The number of rotatable bonds is 4. The lowest BCUT2D eigenvalue weighted by Crippen LogP contribution is -2.23. The number of hydrogen-bond donors (Lipinski definition) is 1. The summed E-state index contributed by atoms with van der Waals surface area (Å²) in [5.74, 6) is -0.371. The van der Waals surface area contributed by atoms with Crippen LogP contribution in [0, 0.1) is 0 Å². The minimum atomic E-state index is -3.66. The Morgan fingerprint density at radius 3 is 2.42 bits per heavy atom. The third-order valence-electron chi connectivity index (χ3n) is 3.99. The summed E-state index contributed by atoms with van der Waals surface area (Å²) in [5.41, 5.74) is 0.939. The second kappa shape index (κ2) is 7.19. The van der Waals surface area contributed by atoms with E-state index in [4.69, 9.17) is 0 Å². The summed E-state index contributed by atoms with van der Waals surface area (Å²) >= 11 is 3.25. The van der Waals surface area contributed by atoms with Crippen molar-refractivity contribution in [1.29, 1.82) is 0 Å². The number of benzene rings is 3. The van der Waals surface area contributed by atoms with E-state index in [1.165, 1.54) is 20.2 Å². The lowest BCUT2D eigenvalue weighted by Gasteiger charge is -2.14. The van der Waals surface area contributed by atoms with E-state index in [1.807, 2.05) is 42.5 Å². The summed E-state index contributed by atoms with van der Waals surface area (Å²) in [6.07, 6.45) is 0. The Hall–Kier alpha value is -2.22. The number of carbonyl (C=O) groups excluding carboxylic acids is 1. The molecule has 5 nitrogen and oxygen atoms in total. The maximum atomic E-state index is 12.7. The van der Waals surface area contributed by atoms with Crippen molar-refractivity contribution in [3.05, 3.63) is 70.7 Å². The third kappa shape index (κ3) is 3.51. The molecule has 0 aromatic heterocycles. The molecule has 0 spiro atoms. The molecular formula is C19H17BrN2O3S. The zero-order valence-corrected chi connectivity index (χ0v) is 16.6. The molecule has 0 bridgehead atoms. The molecule has 1 N–H and O–H groups in total. The van der Waals surface area contributed by atoms with Crippen LogP contribution in [0.3, 0.4) is 0 Å². The molecule has 0 saturated heterocycles. The lowest BCUT2D eigenvalue weighted by atomic mass is 10.1. The predicted molar refractivity (Wildman–Crippen MR) is 107 cm³/mol. The monoisotopic (exact) mass is 432 g/mol. The van der Waals surface area contributed by atoms with E-state index >= 15 is 0 Å². The van der Waals surface area contributed by atoms with Crippen molar-refractivity contribution in [2.75, 3.05) is 19.4 Å². The van der Waals surface area contributed by atoms with Gasteiger partial charge in [0.2, 0.25) is 10.0 Å². The van der Waals surface area contributed by atoms with Crippen molar-refractivity contribution < 1.29 is 13.2 Å². The molecule has 0 fully saturated rings. The number of hydrogen-bond acceptors (Lipinski definition) is 3. The van der Waals surface area contributed by atoms with Crippen LogP contribution in [0.25, 0.3) is 10.8 Å². The smallest absolute Gasteiger partial charge is 0.255 e. The molecule has 0 atom stereocenters. The number of carbonyl (C=O) groups is 1. The molecule has 0 aliphatic rings. The Kier molecular flexibility index (Phi) is 5.13. The molecule has 134 valence electrons. The van der Waals surface area contributed by atoms with Gasteiger partial charge in [0.05, 0.1) is 4.90 Å². The zero-order chi connectivity index (χ0) is 18.9. The Bertz CT molecular complexity index is 1090. The predicted octanol–water partition coefficient (Wildman–Crippen LogP) is 4.10. The summed E-state index contributed by atoms with van der Waals surface area (Å²) < 4.78 is 26.4. The number of halogens is 1. The van der Waals surface area contributed by atoms with Gasteiger partial charge in [0, 0.05) is 35.2 Å². The number of fused-ring (bicyclic) bond motifs is 1. The standard InChI is InChI=1S/C19H17BrN2O3S/c1-22(2)26(24,25)18-12-14(10-11-16(18)20)19(23)21-17-9-5-7-13-6-3-4-8-15(13)17/h3-12H,1-2H3,(H,21,23). The fraction of sp³-hybridized carbons (Fsp3) is 0.105. The quantitative estimate of drug-likeness (QED) is 0.674. The molecule has 3 rings (SSSR count). The van der Waals surface area contributed by atoms with E-state index in [0.29, 0.717) is 10.2 Å². The van der Waals surface area contributed by atoms with Gasteiger partial charge in [0.25, 0.3) is 5.91 Å². The molecule has 0 aliphatic heterocycles. The van der Waals surface area contributed by atoms with Gasteiger partial charge in [0.15, 0.2) is 0 Å². The molecular weight excluding hydrogens is 416 g/mol. The second-order valence-electron chi connectivity index (χ2n) is 5.91. The van der Waals surface area contributed by atoms with Gasteiger partial charge in [-0.3, -0.25) is 4.79 Å². The van der Waals surface area contributed by atoms with Crippen molar-refractivity contribution in [3.63, 3.8) is 0 Å². The van der Waals surface area contributed by atoms with Gasteiger partial charge >= 0.3 is 0 Å². The maximum absolute atomic E-state index is 12.7. The highest BCUT2D eigenvalue weighted by atomic mass is 79.9. The van der Waals surface area contributed by atoms with E-state index in [-0.39, 0.29) is 16.4 Å². The van der Waals surface area contributed by atoms with Crippen molar-refractivity contribution in [2.24, 2.45) is 0 Å². The molecule has 0 heterocycles.